The molecule has 0 fully saturated rings. The molecule has 0 aliphatic rings. The number of ether oxygens (including phenoxy) is 2. The predicted octanol–water partition coefficient (Wildman–Crippen LogP) is 10.6. The summed E-state index contributed by atoms with van der Waals surface area (Å²) >= 11 is 6.76. The first-order valence-electron chi connectivity index (χ1n) is 17.9. The van der Waals surface area contributed by atoms with Crippen molar-refractivity contribution in [2.75, 3.05) is 6.26 Å². The minimum atomic E-state index is -3.72. The molecule has 0 radical (unpaired) electrons. The summed E-state index contributed by atoms with van der Waals surface area (Å²) in [6, 6.07) is 27.1. The fourth-order valence-electron chi connectivity index (χ4n) is 5.79. The van der Waals surface area contributed by atoms with E-state index in [1.807, 2.05) is 34.4 Å². The Bertz CT molecular complexity index is 2690. The van der Waals surface area contributed by atoms with Crippen LogP contribution in [0.1, 0.15) is 57.3 Å². The zero-order chi connectivity index (χ0) is 43.7. The van der Waals surface area contributed by atoms with Crippen LogP contribution < -0.4 is 14.2 Å². The zero-order valence-electron chi connectivity index (χ0n) is 32.2. The van der Waals surface area contributed by atoms with Crippen LogP contribution in [0.2, 0.25) is 0 Å². The number of aryl methyl sites for hydroxylation is 1. The lowest BCUT2D eigenvalue weighted by Crippen LogP contribution is -2.29. The van der Waals surface area contributed by atoms with Crippen LogP contribution in [-0.2, 0) is 28.0 Å². The highest BCUT2D eigenvalue weighted by Crippen LogP contribution is 2.36. The van der Waals surface area contributed by atoms with Crippen molar-refractivity contribution in [3.8, 4) is 28.4 Å². The quantitative estimate of drug-likeness (QED) is 0.0852. The summed E-state index contributed by atoms with van der Waals surface area (Å²) in [5, 5.41) is 0. The molecule has 0 atom stereocenters. The van der Waals surface area contributed by atoms with Gasteiger partial charge in [-0.1, -0.05) is 37.9 Å². The Kier molecular flexibility index (Phi) is 15.3. The largest absolute Gasteiger partial charge is 0.488 e. The Balaban J connectivity index is 0.000000247. The minimum Gasteiger partial charge on any atom is -0.488 e. The molecule has 0 bridgehead atoms. The molecule has 6 rings (SSSR count). The van der Waals surface area contributed by atoms with Gasteiger partial charge in [-0.25, -0.2) is 30.7 Å². The highest BCUT2D eigenvalue weighted by atomic mass is 79.9. The van der Waals surface area contributed by atoms with Gasteiger partial charge in [-0.2, -0.15) is 0 Å². The van der Waals surface area contributed by atoms with E-state index in [2.05, 4.69) is 31.9 Å². The van der Waals surface area contributed by atoms with Gasteiger partial charge >= 0.3 is 0 Å². The Morgan fingerprint density at radius 3 is 1.87 bits per heavy atom. The third kappa shape index (κ3) is 12.5. The second-order valence-electron chi connectivity index (χ2n) is 13.4. The molecule has 0 saturated carbocycles. The second-order valence-corrected chi connectivity index (χ2v) is 17.0. The Morgan fingerprint density at radius 2 is 1.28 bits per heavy atom. The van der Waals surface area contributed by atoms with Gasteiger partial charge < -0.3 is 18.8 Å². The van der Waals surface area contributed by atoms with Crippen molar-refractivity contribution in [2.24, 2.45) is 0 Å². The molecule has 0 aliphatic carbocycles. The van der Waals surface area contributed by atoms with Crippen LogP contribution in [0.3, 0.4) is 0 Å². The maximum Gasteiger partial charge on any atom is 0.264 e. The van der Waals surface area contributed by atoms with Gasteiger partial charge in [-0.05, 0) is 105 Å². The smallest absolute Gasteiger partial charge is 0.264 e. The average Bonchev–Trinajstić information content (AvgIpc) is 3.57. The SMILES string of the molecule is CC(=O)CCC(=O)c1cc(Br)ccc1OCc1ccc(F)cc1F.Cc1ccc(-c2cc(Br)ccc2OCc2ccc(F)cc2F)n1-c1cccc(C(=O)NS(C)(=O)=O)c1. The van der Waals surface area contributed by atoms with Crippen molar-refractivity contribution >= 4 is 59.4 Å². The van der Waals surface area contributed by atoms with Gasteiger partial charge in [0.2, 0.25) is 10.0 Å². The van der Waals surface area contributed by atoms with E-state index in [0.717, 1.165) is 40.3 Å². The molecule has 1 aromatic heterocycles. The molecular formula is C44H36Br2F4N2O7S. The number of ketones is 2. The lowest BCUT2D eigenvalue weighted by molar-refractivity contribution is -0.117. The van der Waals surface area contributed by atoms with E-state index >= 15 is 0 Å². The number of carbonyl (C=O) groups is 3. The maximum atomic E-state index is 14.1. The standard InChI is InChI=1S/C26H21BrF2N2O4S.C18H15BrF2O3/c1-16-6-10-24(31(16)21-5-3-4-17(12-21)26(32)30-36(2,33)34)22-13-19(27)8-11-25(22)35-15-18-7-9-20(28)14-23(18)29;1-11(22)2-6-17(23)15-8-13(19)4-7-18(15)24-10-12-3-5-14(20)9-16(12)21/h3-14H,15H2,1-2H3,(H,30,32);3-5,7-9H,2,6,10H2,1H3. The fourth-order valence-corrected chi connectivity index (χ4v) is 6.97. The van der Waals surface area contributed by atoms with E-state index in [0.29, 0.717) is 27.0 Å². The van der Waals surface area contributed by atoms with Crippen molar-refractivity contribution < 1.29 is 49.8 Å². The monoisotopic (exact) mass is 970 g/mol. The number of aromatic nitrogens is 1. The topological polar surface area (TPSA) is 121 Å². The lowest BCUT2D eigenvalue weighted by atomic mass is 10.0. The van der Waals surface area contributed by atoms with Gasteiger partial charge in [-0.15, -0.1) is 0 Å². The van der Waals surface area contributed by atoms with Crippen LogP contribution in [0, 0.1) is 30.2 Å². The maximum absolute atomic E-state index is 14.1. The molecule has 16 heteroatoms. The second kappa shape index (κ2) is 20.1. The molecule has 60 heavy (non-hydrogen) atoms. The first kappa shape index (κ1) is 45.5. The normalized spacial score (nSPS) is 11.0. The van der Waals surface area contributed by atoms with Crippen molar-refractivity contribution in [3.05, 3.63) is 169 Å². The van der Waals surface area contributed by atoms with E-state index in [1.54, 1.807) is 48.5 Å². The van der Waals surface area contributed by atoms with E-state index < -0.39 is 39.2 Å². The summed E-state index contributed by atoms with van der Waals surface area (Å²) in [6.45, 7) is 3.06. The first-order chi connectivity index (χ1) is 28.4. The molecule has 9 nitrogen and oxygen atoms in total. The number of nitrogens with one attached hydrogen (secondary N) is 1. The van der Waals surface area contributed by atoms with Crippen LogP contribution >= 0.6 is 31.9 Å². The number of benzene rings is 5. The molecule has 1 amide bonds. The number of rotatable bonds is 14. The van der Waals surface area contributed by atoms with Crippen LogP contribution in [0.4, 0.5) is 17.6 Å². The number of carbonyl (C=O) groups excluding carboxylic acids is 3. The minimum absolute atomic E-state index is 0.0748. The van der Waals surface area contributed by atoms with Gasteiger partial charge in [0.15, 0.2) is 5.78 Å². The van der Waals surface area contributed by atoms with Gasteiger partial charge in [0.1, 0.15) is 53.8 Å². The van der Waals surface area contributed by atoms with Gasteiger partial charge in [0.05, 0.1) is 17.5 Å². The molecular weight excluding hydrogens is 936 g/mol. The number of amides is 1. The fraction of sp³-hybridized carbons (Fsp3) is 0.159. The number of hydrogen-bond acceptors (Lipinski definition) is 7. The summed E-state index contributed by atoms with van der Waals surface area (Å²) in [6.07, 6.45) is 1.14. The van der Waals surface area contributed by atoms with E-state index in [-0.39, 0.29) is 60.1 Å². The molecule has 0 saturated heterocycles. The molecule has 312 valence electrons. The van der Waals surface area contributed by atoms with Crippen LogP contribution in [-0.4, -0.2) is 36.7 Å². The lowest BCUT2D eigenvalue weighted by Gasteiger charge is -2.17. The molecule has 6 aromatic rings. The predicted molar refractivity (Wildman–Crippen MR) is 226 cm³/mol. The summed E-state index contributed by atoms with van der Waals surface area (Å²) in [4.78, 5) is 35.7. The third-order valence-electron chi connectivity index (χ3n) is 8.68. The number of sulfonamides is 1. The Hall–Kier alpha value is -5.58. The Labute approximate surface area is 360 Å². The summed E-state index contributed by atoms with van der Waals surface area (Å²) in [5.74, 6) is -3.04. The van der Waals surface area contributed by atoms with E-state index in [4.69, 9.17) is 9.47 Å². The van der Waals surface area contributed by atoms with Crippen molar-refractivity contribution in [1.29, 1.82) is 0 Å². The van der Waals surface area contributed by atoms with Crippen molar-refractivity contribution in [3.63, 3.8) is 0 Å². The van der Waals surface area contributed by atoms with Crippen molar-refractivity contribution in [1.82, 2.24) is 9.29 Å². The van der Waals surface area contributed by atoms with Gasteiger partial charge in [0.25, 0.3) is 5.91 Å². The van der Waals surface area contributed by atoms with Crippen molar-refractivity contribution in [2.45, 2.75) is 39.9 Å². The van der Waals surface area contributed by atoms with Crippen LogP contribution in [0.25, 0.3) is 16.9 Å². The number of nitrogens with zero attached hydrogens (tertiary/aromatic N) is 1. The van der Waals surface area contributed by atoms with Gasteiger partial charge in [0, 0.05) is 67.6 Å². The summed E-state index contributed by atoms with van der Waals surface area (Å²) in [5.41, 5.74) is 3.77. The first-order valence-corrected chi connectivity index (χ1v) is 21.4. The van der Waals surface area contributed by atoms with E-state index in [1.165, 1.54) is 31.2 Å². The van der Waals surface area contributed by atoms with Gasteiger partial charge in [-0.3, -0.25) is 9.59 Å². The molecule has 1 heterocycles. The third-order valence-corrected chi connectivity index (χ3v) is 10.2. The summed E-state index contributed by atoms with van der Waals surface area (Å²) in [7, 11) is -3.72. The summed E-state index contributed by atoms with van der Waals surface area (Å²) < 4.78 is 93.8. The van der Waals surface area contributed by atoms with Crippen LogP contribution in [0.5, 0.6) is 11.5 Å². The molecule has 0 spiro atoms. The Morgan fingerprint density at radius 1 is 0.700 bits per heavy atom. The van der Waals surface area contributed by atoms with E-state index in [9.17, 15) is 40.4 Å². The molecule has 5 aromatic carbocycles. The number of hydrogen-bond donors (Lipinski definition) is 1. The van der Waals surface area contributed by atoms with Crippen LogP contribution in [0.15, 0.2) is 118 Å². The molecule has 1 N–H and O–H groups in total. The average molecular weight is 973 g/mol. The molecule has 0 unspecified atom stereocenters. The number of halogens is 6. The molecule has 0 aliphatic heterocycles. The zero-order valence-corrected chi connectivity index (χ0v) is 36.2. The highest BCUT2D eigenvalue weighted by Gasteiger charge is 2.19. The highest BCUT2D eigenvalue weighted by molar-refractivity contribution is 9.10. The number of Topliss-reactive ketones (excluding diaryl/α,β-unsaturated/α-hetero) is 2.